The van der Waals surface area contributed by atoms with E-state index in [2.05, 4.69) is 17.1 Å². The summed E-state index contributed by atoms with van der Waals surface area (Å²) in [5, 5.41) is 12.3. The molecule has 2 N–H and O–H groups in total. The summed E-state index contributed by atoms with van der Waals surface area (Å²) in [5.74, 6) is 0.141. The third kappa shape index (κ3) is 4.46. The minimum Gasteiger partial charge on any atom is -0.508 e. The molecule has 1 saturated heterocycles. The highest BCUT2D eigenvalue weighted by Gasteiger charge is 2.17. The molecule has 1 fully saturated rings. The van der Waals surface area contributed by atoms with E-state index in [1.807, 2.05) is 6.92 Å². The maximum Gasteiger partial charge on any atom is 0.251 e. The van der Waals surface area contributed by atoms with Crippen LogP contribution in [0.1, 0.15) is 48.5 Å². The van der Waals surface area contributed by atoms with Gasteiger partial charge < -0.3 is 15.3 Å². The molecule has 21 heavy (non-hydrogen) atoms. The molecular formula is C17H26N2O2. The van der Waals surface area contributed by atoms with E-state index in [4.69, 9.17) is 0 Å². The SMILES string of the molecule is Cc1cc(O)ccc1C(=O)NCCCN1CCCCC1C. The van der Waals surface area contributed by atoms with Crippen LogP contribution in [0, 0.1) is 6.92 Å². The molecule has 0 bridgehead atoms. The largest absolute Gasteiger partial charge is 0.508 e. The third-order valence-electron chi connectivity index (χ3n) is 4.30. The number of rotatable bonds is 5. The summed E-state index contributed by atoms with van der Waals surface area (Å²) in [5.41, 5.74) is 1.44. The maximum atomic E-state index is 12.1. The number of hydrogen-bond donors (Lipinski definition) is 2. The van der Waals surface area contributed by atoms with Crippen LogP contribution in [0.2, 0.25) is 0 Å². The second-order valence-electron chi connectivity index (χ2n) is 5.99. The van der Waals surface area contributed by atoms with Crippen LogP contribution < -0.4 is 5.32 Å². The van der Waals surface area contributed by atoms with Crippen molar-refractivity contribution in [2.45, 2.75) is 45.6 Å². The zero-order valence-corrected chi connectivity index (χ0v) is 13.1. The molecule has 0 radical (unpaired) electrons. The first kappa shape index (κ1) is 15.8. The van der Waals surface area contributed by atoms with Crippen LogP contribution in [0.25, 0.3) is 0 Å². The van der Waals surface area contributed by atoms with Gasteiger partial charge in [0.15, 0.2) is 0 Å². The van der Waals surface area contributed by atoms with Gasteiger partial charge in [0.05, 0.1) is 0 Å². The van der Waals surface area contributed by atoms with Gasteiger partial charge in [-0.3, -0.25) is 4.79 Å². The summed E-state index contributed by atoms with van der Waals surface area (Å²) in [6, 6.07) is 5.52. The second-order valence-corrected chi connectivity index (χ2v) is 5.99. The van der Waals surface area contributed by atoms with E-state index in [1.54, 1.807) is 18.2 Å². The van der Waals surface area contributed by atoms with E-state index < -0.39 is 0 Å². The van der Waals surface area contributed by atoms with Crippen LogP contribution in [-0.2, 0) is 0 Å². The number of likely N-dealkylation sites (tertiary alicyclic amines) is 1. The summed E-state index contributed by atoms with van der Waals surface area (Å²) < 4.78 is 0. The number of nitrogens with zero attached hydrogens (tertiary/aromatic N) is 1. The van der Waals surface area contributed by atoms with Crippen LogP contribution in [0.15, 0.2) is 18.2 Å². The number of phenolic OH excluding ortho intramolecular Hbond substituents is 1. The average Bonchev–Trinajstić information content (AvgIpc) is 2.45. The van der Waals surface area contributed by atoms with Gasteiger partial charge in [-0.25, -0.2) is 0 Å². The number of aryl methyl sites for hydroxylation is 1. The first-order valence-corrected chi connectivity index (χ1v) is 7.90. The van der Waals surface area contributed by atoms with Gasteiger partial charge in [-0.05, 0) is 63.4 Å². The number of nitrogens with one attached hydrogen (secondary N) is 1. The molecule has 0 spiro atoms. The lowest BCUT2D eigenvalue weighted by Crippen LogP contribution is -2.39. The zero-order chi connectivity index (χ0) is 15.2. The van der Waals surface area contributed by atoms with Crippen molar-refractivity contribution in [3.63, 3.8) is 0 Å². The van der Waals surface area contributed by atoms with E-state index in [0.717, 1.165) is 18.5 Å². The van der Waals surface area contributed by atoms with Crippen LogP contribution in [-0.4, -0.2) is 41.6 Å². The second kappa shape index (κ2) is 7.46. The Kier molecular flexibility index (Phi) is 5.62. The highest BCUT2D eigenvalue weighted by atomic mass is 16.3. The van der Waals surface area contributed by atoms with Gasteiger partial charge >= 0.3 is 0 Å². The van der Waals surface area contributed by atoms with Crippen LogP contribution in [0.5, 0.6) is 5.75 Å². The van der Waals surface area contributed by atoms with Gasteiger partial charge in [0.1, 0.15) is 5.75 Å². The summed E-state index contributed by atoms with van der Waals surface area (Å²) in [7, 11) is 0. The number of piperidine rings is 1. The zero-order valence-electron chi connectivity index (χ0n) is 13.1. The summed E-state index contributed by atoms with van der Waals surface area (Å²) >= 11 is 0. The van der Waals surface area contributed by atoms with Gasteiger partial charge in [-0.2, -0.15) is 0 Å². The quantitative estimate of drug-likeness (QED) is 0.820. The van der Waals surface area contributed by atoms with E-state index in [1.165, 1.54) is 25.8 Å². The molecule has 4 nitrogen and oxygen atoms in total. The number of phenols is 1. The van der Waals surface area contributed by atoms with Gasteiger partial charge in [0.25, 0.3) is 5.91 Å². The van der Waals surface area contributed by atoms with Crippen molar-refractivity contribution in [2.24, 2.45) is 0 Å². The Labute approximate surface area is 127 Å². The van der Waals surface area contributed by atoms with E-state index in [-0.39, 0.29) is 11.7 Å². The predicted octanol–water partition coefficient (Wildman–Crippen LogP) is 2.69. The Morgan fingerprint density at radius 1 is 1.43 bits per heavy atom. The number of benzene rings is 1. The van der Waals surface area contributed by atoms with Crippen molar-refractivity contribution in [1.29, 1.82) is 0 Å². The number of carbonyl (C=O) groups excluding carboxylic acids is 1. The summed E-state index contributed by atoms with van der Waals surface area (Å²) in [6.45, 7) is 7.06. The van der Waals surface area contributed by atoms with Gasteiger partial charge in [0, 0.05) is 24.7 Å². The van der Waals surface area contributed by atoms with E-state index >= 15 is 0 Å². The molecule has 1 atom stereocenters. The van der Waals surface area contributed by atoms with Crippen LogP contribution in [0.4, 0.5) is 0 Å². The Hall–Kier alpha value is -1.55. The molecule has 2 rings (SSSR count). The number of amides is 1. The topological polar surface area (TPSA) is 52.6 Å². The van der Waals surface area contributed by atoms with Crippen molar-refractivity contribution in [1.82, 2.24) is 10.2 Å². The Bertz CT molecular complexity index is 488. The van der Waals surface area contributed by atoms with Crippen molar-refractivity contribution in [3.8, 4) is 5.75 Å². The molecule has 4 heteroatoms. The fraction of sp³-hybridized carbons (Fsp3) is 0.588. The van der Waals surface area contributed by atoms with Crippen molar-refractivity contribution in [2.75, 3.05) is 19.6 Å². The highest BCUT2D eigenvalue weighted by molar-refractivity contribution is 5.95. The van der Waals surface area contributed by atoms with E-state index in [9.17, 15) is 9.90 Å². The third-order valence-corrected chi connectivity index (χ3v) is 4.30. The minimum atomic E-state index is -0.0563. The maximum absolute atomic E-state index is 12.1. The lowest BCUT2D eigenvalue weighted by molar-refractivity contribution is 0.0948. The summed E-state index contributed by atoms with van der Waals surface area (Å²) in [6.07, 6.45) is 4.91. The fourth-order valence-corrected chi connectivity index (χ4v) is 2.97. The lowest BCUT2D eigenvalue weighted by atomic mass is 10.0. The number of aromatic hydroxyl groups is 1. The van der Waals surface area contributed by atoms with Crippen molar-refractivity contribution >= 4 is 5.91 Å². The smallest absolute Gasteiger partial charge is 0.251 e. The molecule has 0 aromatic heterocycles. The average molecular weight is 290 g/mol. The van der Waals surface area contributed by atoms with Gasteiger partial charge in [-0.15, -0.1) is 0 Å². The minimum absolute atomic E-state index is 0.0563. The summed E-state index contributed by atoms with van der Waals surface area (Å²) in [4.78, 5) is 14.6. The van der Waals surface area contributed by atoms with Crippen LogP contribution >= 0.6 is 0 Å². The lowest BCUT2D eigenvalue weighted by Gasteiger charge is -2.33. The van der Waals surface area contributed by atoms with Gasteiger partial charge in [-0.1, -0.05) is 6.42 Å². The monoisotopic (exact) mass is 290 g/mol. The molecule has 1 unspecified atom stereocenters. The Morgan fingerprint density at radius 3 is 2.95 bits per heavy atom. The molecule has 0 aliphatic carbocycles. The molecule has 1 amide bonds. The molecule has 1 aromatic carbocycles. The molecule has 1 heterocycles. The van der Waals surface area contributed by atoms with Crippen LogP contribution in [0.3, 0.4) is 0 Å². The molecule has 116 valence electrons. The standard InChI is InChI=1S/C17H26N2O2/c1-13-12-15(20)7-8-16(13)17(21)18-9-5-11-19-10-4-3-6-14(19)2/h7-8,12,14,20H,3-6,9-11H2,1-2H3,(H,18,21). The van der Waals surface area contributed by atoms with E-state index in [0.29, 0.717) is 18.2 Å². The molecule has 1 aromatic rings. The molecule has 1 aliphatic heterocycles. The predicted molar refractivity (Wildman–Crippen MR) is 84.7 cm³/mol. The normalized spacial score (nSPS) is 19.4. The highest BCUT2D eigenvalue weighted by Crippen LogP contribution is 2.17. The molecule has 1 aliphatic rings. The van der Waals surface area contributed by atoms with Gasteiger partial charge in [0.2, 0.25) is 0 Å². The Balaban J connectivity index is 1.74. The molecule has 0 saturated carbocycles. The molecular weight excluding hydrogens is 264 g/mol. The number of carbonyl (C=O) groups is 1. The number of hydrogen-bond acceptors (Lipinski definition) is 3. The Morgan fingerprint density at radius 2 is 2.24 bits per heavy atom. The van der Waals surface area contributed by atoms with Crippen molar-refractivity contribution < 1.29 is 9.90 Å². The first-order valence-electron chi connectivity index (χ1n) is 7.90. The van der Waals surface area contributed by atoms with Crippen molar-refractivity contribution in [3.05, 3.63) is 29.3 Å². The first-order chi connectivity index (χ1) is 10.1. The fourth-order valence-electron chi connectivity index (χ4n) is 2.97.